The van der Waals surface area contributed by atoms with E-state index in [1.165, 1.54) is 32.1 Å². The standard InChI is InChI=1S/C16H27N3O2/c1-2-20-16(10-4-5-11-16)15-18-14(21-19-15)9-8-13-7-3-6-12-17-13/h13,17H,2-12H2,1H3. The van der Waals surface area contributed by atoms with E-state index in [2.05, 4.69) is 15.5 Å². The molecule has 1 aliphatic heterocycles. The Bertz CT molecular complexity index is 434. The minimum atomic E-state index is -0.278. The molecule has 0 amide bonds. The molecule has 2 heterocycles. The Hall–Kier alpha value is -0.940. The van der Waals surface area contributed by atoms with Crippen LogP contribution in [-0.4, -0.2) is 29.3 Å². The highest BCUT2D eigenvalue weighted by Crippen LogP contribution is 2.40. The molecule has 1 aromatic rings. The summed E-state index contributed by atoms with van der Waals surface area (Å²) in [6.07, 6.45) is 10.3. The van der Waals surface area contributed by atoms with Crippen molar-refractivity contribution in [1.82, 2.24) is 15.5 Å². The minimum absolute atomic E-state index is 0.278. The lowest BCUT2D eigenvalue weighted by Crippen LogP contribution is -2.34. The Labute approximate surface area is 126 Å². The van der Waals surface area contributed by atoms with Crippen LogP contribution in [0.1, 0.15) is 70.0 Å². The number of aromatic nitrogens is 2. The van der Waals surface area contributed by atoms with Crippen molar-refractivity contribution in [2.75, 3.05) is 13.2 Å². The Morgan fingerprint density at radius 1 is 1.29 bits per heavy atom. The minimum Gasteiger partial charge on any atom is -0.367 e. The zero-order chi connectivity index (χ0) is 14.5. The van der Waals surface area contributed by atoms with Crippen molar-refractivity contribution in [3.8, 4) is 0 Å². The van der Waals surface area contributed by atoms with E-state index < -0.39 is 0 Å². The topological polar surface area (TPSA) is 60.2 Å². The van der Waals surface area contributed by atoms with E-state index >= 15 is 0 Å². The van der Waals surface area contributed by atoms with Gasteiger partial charge < -0.3 is 14.6 Å². The normalized spacial score (nSPS) is 25.3. The molecule has 1 aliphatic carbocycles. The Morgan fingerprint density at radius 2 is 2.14 bits per heavy atom. The van der Waals surface area contributed by atoms with Crippen molar-refractivity contribution in [1.29, 1.82) is 0 Å². The van der Waals surface area contributed by atoms with Gasteiger partial charge in [-0.3, -0.25) is 0 Å². The SMILES string of the molecule is CCOC1(c2noc(CCC3CCCCN3)n2)CCCC1. The number of hydrogen-bond acceptors (Lipinski definition) is 5. The van der Waals surface area contributed by atoms with Gasteiger partial charge in [-0.25, -0.2) is 0 Å². The van der Waals surface area contributed by atoms with Crippen LogP contribution >= 0.6 is 0 Å². The average Bonchev–Trinajstić information content (AvgIpc) is 3.16. The van der Waals surface area contributed by atoms with Crippen molar-refractivity contribution < 1.29 is 9.26 Å². The molecule has 1 saturated carbocycles. The van der Waals surface area contributed by atoms with Crippen molar-refractivity contribution in [3.63, 3.8) is 0 Å². The van der Waals surface area contributed by atoms with Crippen molar-refractivity contribution in [2.45, 2.75) is 76.4 Å². The van der Waals surface area contributed by atoms with Crippen LogP contribution in [-0.2, 0) is 16.8 Å². The molecule has 3 rings (SSSR count). The second kappa shape index (κ2) is 6.88. The summed E-state index contributed by atoms with van der Waals surface area (Å²) in [5.74, 6) is 1.54. The molecular formula is C16H27N3O2. The highest BCUT2D eigenvalue weighted by Gasteiger charge is 2.40. The van der Waals surface area contributed by atoms with E-state index in [9.17, 15) is 0 Å². The maximum atomic E-state index is 5.99. The molecule has 118 valence electrons. The van der Waals surface area contributed by atoms with Crippen LogP contribution in [0.2, 0.25) is 0 Å². The van der Waals surface area contributed by atoms with E-state index in [0.29, 0.717) is 12.6 Å². The van der Waals surface area contributed by atoms with Crippen molar-refractivity contribution >= 4 is 0 Å². The number of hydrogen-bond donors (Lipinski definition) is 1. The average molecular weight is 293 g/mol. The molecule has 1 atom stereocenters. The molecule has 2 fully saturated rings. The quantitative estimate of drug-likeness (QED) is 0.874. The smallest absolute Gasteiger partial charge is 0.226 e. The van der Waals surface area contributed by atoms with Crippen LogP contribution in [0.25, 0.3) is 0 Å². The van der Waals surface area contributed by atoms with Gasteiger partial charge in [0, 0.05) is 19.1 Å². The molecule has 1 saturated heterocycles. The number of rotatable bonds is 6. The summed E-state index contributed by atoms with van der Waals surface area (Å²) >= 11 is 0. The van der Waals surface area contributed by atoms with Crippen molar-refractivity contribution in [2.24, 2.45) is 0 Å². The fraction of sp³-hybridized carbons (Fsp3) is 0.875. The molecule has 0 bridgehead atoms. The monoisotopic (exact) mass is 293 g/mol. The van der Waals surface area contributed by atoms with Gasteiger partial charge in [0.15, 0.2) is 0 Å². The number of nitrogens with zero attached hydrogens (tertiary/aromatic N) is 2. The first kappa shape index (κ1) is 15.0. The van der Waals surface area contributed by atoms with E-state index in [0.717, 1.165) is 43.9 Å². The van der Waals surface area contributed by atoms with Gasteiger partial charge in [0.2, 0.25) is 11.7 Å². The summed E-state index contributed by atoms with van der Waals surface area (Å²) < 4.78 is 11.5. The highest BCUT2D eigenvalue weighted by molar-refractivity contribution is 5.04. The van der Waals surface area contributed by atoms with Crippen LogP contribution in [0.5, 0.6) is 0 Å². The number of nitrogens with one attached hydrogen (secondary N) is 1. The van der Waals surface area contributed by atoms with Gasteiger partial charge in [0.25, 0.3) is 0 Å². The Balaban J connectivity index is 1.59. The van der Waals surface area contributed by atoms with Gasteiger partial charge in [0.05, 0.1) is 0 Å². The second-order valence-electron chi connectivity index (χ2n) is 6.33. The molecule has 1 aromatic heterocycles. The largest absolute Gasteiger partial charge is 0.367 e. The third kappa shape index (κ3) is 3.46. The fourth-order valence-corrected chi connectivity index (χ4v) is 3.66. The van der Waals surface area contributed by atoms with Gasteiger partial charge >= 0.3 is 0 Å². The molecule has 2 aliphatic rings. The van der Waals surface area contributed by atoms with Crippen LogP contribution in [0.4, 0.5) is 0 Å². The lowest BCUT2D eigenvalue weighted by atomic mass is 10.0. The van der Waals surface area contributed by atoms with Gasteiger partial charge in [0.1, 0.15) is 5.60 Å². The van der Waals surface area contributed by atoms with Gasteiger partial charge in [-0.15, -0.1) is 0 Å². The third-order valence-corrected chi connectivity index (χ3v) is 4.83. The molecular weight excluding hydrogens is 266 g/mol. The summed E-state index contributed by atoms with van der Waals surface area (Å²) in [5.41, 5.74) is -0.278. The zero-order valence-electron chi connectivity index (χ0n) is 13.1. The van der Waals surface area contributed by atoms with Gasteiger partial charge in [-0.05, 0) is 58.4 Å². The molecule has 5 heteroatoms. The second-order valence-corrected chi connectivity index (χ2v) is 6.33. The van der Waals surface area contributed by atoms with E-state index in [1.54, 1.807) is 0 Å². The molecule has 1 unspecified atom stereocenters. The van der Waals surface area contributed by atoms with E-state index in [1.807, 2.05) is 6.92 Å². The van der Waals surface area contributed by atoms with E-state index in [4.69, 9.17) is 9.26 Å². The maximum Gasteiger partial charge on any atom is 0.226 e. The van der Waals surface area contributed by atoms with Crippen LogP contribution in [0.3, 0.4) is 0 Å². The predicted octanol–water partition coefficient (Wildman–Crippen LogP) is 2.95. The molecule has 1 N–H and O–H groups in total. The summed E-state index contributed by atoms with van der Waals surface area (Å²) in [4.78, 5) is 4.64. The molecule has 5 nitrogen and oxygen atoms in total. The first-order valence-corrected chi connectivity index (χ1v) is 8.53. The third-order valence-electron chi connectivity index (χ3n) is 4.83. The maximum absolute atomic E-state index is 5.99. The molecule has 0 radical (unpaired) electrons. The van der Waals surface area contributed by atoms with Crippen LogP contribution < -0.4 is 5.32 Å². The lowest BCUT2D eigenvalue weighted by molar-refractivity contribution is -0.0469. The first-order chi connectivity index (χ1) is 10.3. The summed E-state index contributed by atoms with van der Waals surface area (Å²) in [7, 11) is 0. The fourth-order valence-electron chi connectivity index (χ4n) is 3.66. The number of piperidine rings is 1. The van der Waals surface area contributed by atoms with E-state index in [-0.39, 0.29) is 5.60 Å². The number of ether oxygens (including phenoxy) is 1. The van der Waals surface area contributed by atoms with Gasteiger partial charge in [-0.2, -0.15) is 4.98 Å². The lowest BCUT2D eigenvalue weighted by Gasteiger charge is -2.24. The first-order valence-electron chi connectivity index (χ1n) is 8.53. The zero-order valence-corrected chi connectivity index (χ0v) is 13.1. The van der Waals surface area contributed by atoms with Crippen molar-refractivity contribution in [3.05, 3.63) is 11.7 Å². The molecule has 21 heavy (non-hydrogen) atoms. The summed E-state index contributed by atoms with van der Waals surface area (Å²) in [6.45, 7) is 3.89. The molecule has 0 aromatic carbocycles. The summed E-state index contributed by atoms with van der Waals surface area (Å²) in [6, 6.07) is 0.612. The number of aryl methyl sites for hydroxylation is 1. The highest BCUT2D eigenvalue weighted by atomic mass is 16.5. The predicted molar refractivity (Wildman–Crippen MR) is 80.0 cm³/mol. The van der Waals surface area contributed by atoms with Crippen LogP contribution in [0.15, 0.2) is 4.52 Å². The molecule has 0 spiro atoms. The van der Waals surface area contributed by atoms with Gasteiger partial charge in [-0.1, -0.05) is 11.6 Å². The Kier molecular flexibility index (Phi) is 4.91. The summed E-state index contributed by atoms with van der Waals surface area (Å²) in [5, 5.41) is 7.79. The van der Waals surface area contributed by atoms with Crippen LogP contribution in [0, 0.1) is 0 Å². The Morgan fingerprint density at radius 3 is 2.86 bits per heavy atom.